The van der Waals surface area contributed by atoms with Gasteiger partial charge in [0.05, 0.1) is 11.8 Å². The average molecular weight is 437 g/mol. The number of hydrogen-bond donors (Lipinski definition) is 1. The molecule has 138 valence electrons. The predicted octanol–water partition coefficient (Wildman–Crippen LogP) is 5.49. The van der Waals surface area contributed by atoms with Crippen LogP contribution in [0.25, 0.3) is 11.3 Å². The van der Waals surface area contributed by atoms with Gasteiger partial charge in [-0.2, -0.15) is 18.3 Å². The number of carbonyl (C=O) groups is 1. The van der Waals surface area contributed by atoms with Gasteiger partial charge >= 0.3 is 6.18 Å². The number of nitrogens with one attached hydrogen (secondary N) is 1. The molecule has 0 aliphatic rings. The van der Waals surface area contributed by atoms with Crippen molar-refractivity contribution in [2.45, 2.75) is 6.18 Å². The third kappa shape index (κ3) is 4.85. The number of benzene rings is 2. The van der Waals surface area contributed by atoms with Gasteiger partial charge in [-0.15, -0.1) is 0 Å². The number of hydrazone groups is 1. The second-order valence-electron chi connectivity index (χ2n) is 5.49. The fraction of sp³-hybridized carbons (Fsp3) is 0.0526. The van der Waals surface area contributed by atoms with Gasteiger partial charge in [0.15, 0.2) is 0 Å². The molecule has 3 aromatic rings. The van der Waals surface area contributed by atoms with E-state index in [1.54, 1.807) is 30.3 Å². The standard InChI is InChI=1S/C19H12BrF3N2O2/c20-15-6-2-4-13(10-15)18(26)25-24-11-16-7-8-17(27-16)12-3-1-5-14(9-12)19(21,22)23/h1-11H,(H,25,26)/b24-11-. The molecule has 0 spiro atoms. The second kappa shape index (κ2) is 7.79. The lowest BCUT2D eigenvalue weighted by Gasteiger charge is -2.07. The zero-order valence-electron chi connectivity index (χ0n) is 13.6. The van der Waals surface area contributed by atoms with Crippen LogP contribution >= 0.6 is 15.9 Å². The van der Waals surface area contributed by atoms with Crippen LogP contribution in [0.5, 0.6) is 0 Å². The van der Waals surface area contributed by atoms with Gasteiger partial charge in [0.25, 0.3) is 5.91 Å². The largest absolute Gasteiger partial charge is 0.455 e. The summed E-state index contributed by atoms with van der Waals surface area (Å²) >= 11 is 3.27. The first kappa shape index (κ1) is 18.9. The van der Waals surface area contributed by atoms with Gasteiger partial charge in [-0.3, -0.25) is 4.79 Å². The molecular formula is C19H12BrF3N2O2. The molecule has 0 radical (unpaired) electrons. The SMILES string of the molecule is O=C(N/N=C\c1ccc(-c2cccc(C(F)(F)F)c2)o1)c1cccc(Br)c1. The molecule has 1 amide bonds. The molecule has 0 fully saturated rings. The van der Waals surface area contributed by atoms with Crippen LogP contribution in [0, 0.1) is 0 Å². The number of alkyl halides is 3. The lowest BCUT2D eigenvalue weighted by molar-refractivity contribution is -0.137. The Morgan fingerprint density at radius 3 is 2.59 bits per heavy atom. The normalized spacial score (nSPS) is 11.7. The van der Waals surface area contributed by atoms with Crippen molar-refractivity contribution in [3.05, 3.63) is 82.0 Å². The molecule has 4 nitrogen and oxygen atoms in total. The number of amides is 1. The first-order valence-corrected chi connectivity index (χ1v) is 8.49. The number of halogens is 4. The van der Waals surface area contributed by atoms with E-state index in [0.29, 0.717) is 11.1 Å². The molecule has 2 aromatic carbocycles. The Hall–Kier alpha value is -2.87. The molecule has 0 unspecified atom stereocenters. The van der Waals surface area contributed by atoms with Gasteiger partial charge in [0.2, 0.25) is 0 Å². The van der Waals surface area contributed by atoms with Crippen molar-refractivity contribution >= 4 is 28.1 Å². The average Bonchev–Trinajstić information content (AvgIpc) is 3.10. The highest BCUT2D eigenvalue weighted by Crippen LogP contribution is 2.32. The molecule has 0 bridgehead atoms. The smallest absolute Gasteiger partial charge is 0.416 e. The Balaban J connectivity index is 1.69. The first-order chi connectivity index (χ1) is 12.8. The van der Waals surface area contributed by atoms with E-state index in [1.807, 2.05) is 0 Å². The van der Waals surface area contributed by atoms with Crippen LogP contribution in [0.3, 0.4) is 0 Å². The van der Waals surface area contributed by atoms with E-state index in [1.165, 1.54) is 24.4 Å². The maximum Gasteiger partial charge on any atom is 0.416 e. The molecule has 1 aromatic heterocycles. The third-order valence-corrected chi connectivity index (χ3v) is 4.04. The van der Waals surface area contributed by atoms with E-state index in [2.05, 4.69) is 26.5 Å². The van der Waals surface area contributed by atoms with Crippen LogP contribution in [0.4, 0.5) is 13.2 Å². The van der Waals surface area contributed by atoms with Crippen molar-refractivity contribution in [2.75, 3.05) is 0 Å². The maximum absolute atomic E-state index is 12.8. The summed E-state index contributed by atoms with van der Waals surface area (Å²) in [6, 6.07) is 14.7. The third-order valence-electron chi connectivity index (χ3n) is 3.55. The maximum atomic E-state index is 12.8. The number of nitrogens with zero attached hydrogens (tertiary/aromatic N) is 1. The van der Waals surface area contributed by atoms with Gasteiger partial charge in [-0.1, -0.05) is 34.1 Å². The van der Waals surface area contributed by atoms with Gasteiger partial charge in [-0.05, 0) is 42.5 Å². The molecule has 27 heavy (non-hydrogen) atoms. The van der Waals surface area contributed by atoms with E-state index < -0.39 is 17.6 Å². The minimum atomic E-state index is -4.43. The van der Waals surface area contributed by atoms with Crippen molar-refractivity contribution in [3.8, 4) is 11.3 Å². The summed E-state index contributed by atoms with van der Waals surface area (Å²) in [5.41, 5.74) is 2.31. The van der Waals surface area contributed by atoms with Crippen LogP contribution in [-0.4, -0.2) is 12.1 Å². The predicted molar refractivity (Wildman–Crippen MR) is 98.3 cm³/mol. The van der Waals surface area contributed by atoms with Gasteiger partial charge in [0, 0.05) is 15.6 Å². The minimum absolute atomic E-state index is 0.265. The molecule has 1 N–H and O–H groups in total. The molecule has 0 saturated heterocycles. The van der Waals surface area contributed by atoms with Crippen molar-refractivity contribution in [3.63, 3.8) is 0 Å². The van der Waals surface area contributed by atoms with Gasteiger partial charge < -0.3 is 4.42 Å². The Labute approximate surface area is 160 Å². The van der Waals surface area contributed by atoms with Crippen LogP contribution in [-0.2, 0) is 6.18 Å². The van der Waals surface area contributed by atoms with Crippen LogP contribution in [0.15, 0.2) is 74.7 Å². The minimum Gasteiger partial charge on any atom is -0.455 e. The summed E-state index contributed by atoms with van der Waals surface area (Å²) in [6.07, 6.45) is -3.16. The lowest BCUT2D eigenvalue weighted by atomic mass is 10.1. The summed E-state index contributed by atoms with van der Waals surface area (Å²) in [5.74, 6) is 0.148. The Bertz CT molecular complexity index is 996. The molecule has 1 heterocycles. The van der Waals surface area contributed by atoms with E-state index in [9.17, 15) is 18.0 Å². The number of hydrogen-bond acceptors (Lipinski definition) is 3. The van der Waals surface area contributed by atoms with Crippen molar-refractivity contribution < 1.29 is 22.4 Å². The zero-order valence-corrected chi connectivity index (χ0v) is 15.2. The van der Waals surface area contributed by atoms with Crippen molar-refractivity contribution in [1.29, 1.82) is 0 Å². The molecule has 0 saturated carbocycles. The number of carbonyl (C=O) groups excluding carboxylic acids is 1. The van der Waals surface area contributed by atoms with E-state index in [4.69, 9.17) is 4.42 Å². The highest BCUT2D eigenvalue weighted by atomic mass is 79.9. The number of rotatable bonds is 4. The van der Waals surface area contributed by atoms with Crippen LogP contribution in [0.1, 0.15) is 21.7 Å². The fourth-order valence-electron chi connectivity index (χ4n) is 2.27. The summed E-state index contributed by atoms with van der Waals surface area (Å²) < 4.78 is 44.6. The zero-order chi connectivity index (χ0) is 19.4. The van der Waals surface area contributed by atoms with Gasteiger partial charge in [-0.25, -0.2) is 5.43 Å². The molecule has 8 heteroatoms. The Kier molecular flexibility index (Phi) is 5.46. The number of furan rings is 1. The topological polar surface area (TPSA) is 54.6 Å². The Morgan fingerprint density at radius 2 is 1.85 bits per heavy atom. The first-order valence-electron chi connectivity index (χ1n) is 7.69. The van der Waals surface area contributed by atoms with Crippen molar-refractivity contribution in [2.24, 2.45) is 5.10 Å². The molecule has 3 rings (SSSR count). The highest BCUT2D eigenvalue weighted by Gasteiger charge is 2.30. The van der Waals surface area contributed by atoms with Crippen LogP contribution in [0.2, 0.25) is 0 Å². The fourth-order valence-corrected chi connectivity index (χ4v) is 2.67. The monoisotopic (exact) mass is 436 g/mol. The summed E-state index contributed by atoms with van der Waals surface area (Å²) in [6.45, 7) is 0. The molecule has 0 atom stereocenters. The summed E-state index contributed by atoms with van der Waals surface area (Å²) in [4.78, 5) is 12.0. The Morgan fingerprint density at radius 1 is 1.07 bits per heavy atom. The quantitative estimate of drug-likeness (QED) is 0.434. The molecule has 0 aliphatic heterocycles. The van der Waals surface area contributed by atoms with Crippen molar-refractivity contribution in [1.82, 2.24) is 5.43 Å². The summed E-state index contributed by atoms with van der Waals surface area (Å²) in [7, 11) is 0. The lowest BCUT2D eigenvalue weighted by Crippen LogP contribution is -2.17. The van der Waals surface area contributed by atoms with E-state index >= 15 is 0 Å². The summed E-state index contributed by atoms with van der Waals surface area (Å²) in [5, 5.41) is 3.80. The van der Waals surface area contributed by atoms with Gasteiger partial charge in [0.1, 0.15) is 11.5 Å². The van der Waals surface area contributed by atoms with E-state index in [0.717, 1.165) is 16.6 Å². The molecule has 0 aliphatic carbocycles. The van der Waals surface area contributed by atoms with E-state index in [-0.39, 0.29) is 11.5 Å². The highest BCUT2D eigenvalue weighted by molar-refractivity contribution is 9.10. The second-order valence-corrected chi connectivity index (χ2v) is 6.41. The van der Waals surface area contributed by atoms with Crippen LogP contribution < -0.4 is 5.43 Å². The molecular weight excluding hydrogens is 425 g/mol.